The number of aromatic hydroxyl groups is 1. The number of nitrogens with zero attached hydrogens (tertiary/aromatic N) is 1. The van der Waals surface area contributed by atoms with Crippen molar-refractivity contribution in [1.29, 1.82) is 5.26 Å². The topological polar surface area (TPSA) is 79.3 Å². The first-order valence-corrected chi connectivity index (χ1v) is 7.13. The minimum Gasteiger partial charge on any atom is -0.506 e. The Kier molecular flexibility index (Phi) is 3.61. The van der Waals surface area contributed by atoms with Crippen LogP contribution in [-0.2, 0) is 0 Å². The largest absolute Gasteiger partial charge is 0.506 e. The number of nitrogens with two attached hydrogens (primary N) is 1. The van der Waals surface area contributed by atoms with Gasteiger partial charge in [-0.05, 0) is 17.7 Å². The highest BCUT2D eigenvalue weighted by Gasteiger charge is 2.32. The highest BCUT2D eigenvalue weighted by atomic mass is 35.5. The van der Waals surface area contributed by atoms with Crippen LogP contribution in [0.15, 0.2) is 47.9 Å². The van der Waals surface area contributed by atoms with Gasteiger partial charge in [-0.2, -0.15) is 5.26 Å². The van der Waals surface area contributed by atoms with Crippen LogP contribution in [-0.4, -0.2) is 5.11 Å². The lowest BCUT2D eigenvalue weighted by Crippen LogP contribution is -2.21. The Morgan fingerprint density at radius 1 is 1.14 bits per heavy atom. The number of rotatable bonds is 1. The molecule has 2 aromatic rings. The number of hydrogen-bond acceptors (Lipinski definition) is 4. The minimum absolute atomic E-state index is 0.0124. The van der Waals surface area contributed by atoms with Crippen molar-refractivity contribution in [2.45, 2.75) is 5.92 Å². The number of ether oxygens (including phenoxy) is 1. The molecule has 3 rings (SSSR count). The molecule has 1 aliphatic heterocycles. The molecule has 0 saturated carbocycles. The van der Waals surface area contributed by atoms with E-state index in [1.807, 2.05) is 12.1 Å². The average molecular weight is 333 g/mol. The van der Waals surface area contributed by atoms with Gasteiger partial charge in [0.25, 0.3) is 0 Å². The third kappa shape index (κ3) is 2.25. The van der Waals surface area contributed by atoms with Crippen molar-refractivity contribution in [3.63, 3.8) is 0 Å². The van der Waals surface area contributed by atoms with Gasteiger partial charge in [-0.25, -0.2) is 0 Å². The zero-order valence-corrected chi connectivity index (χ0v) is 12.7. The van der Waals surface area contributed by atoms with Gasteiger partial charge in [0.2, 0.25) is 5.88 Å². The van der Waals surface area contributed by atoms with Crippen LogP contribution in [0, 0.1) is 11.3 Å². The van der Waals surface area contributed by atoms with Crippen molar-refractivity contribution >= 4 is 23.2 Å². The normalized spacial score (nSPS) is 16.7. The predicted molar refractivity (Wildman–Crippen MR) is 83.9 cm³/mol. The van der Waals surface area contributed by atoms with Crippen molar-refractivity contribution < 1.29 is 9.84 Å². The zero-order chi connectivity index (χ0) is 15.9. The fourth-order valence-electron chi connectivity index (χ4n) is 2.50. The molecular weight excluding hydrogens is 323 g/mol. The first-order valence-electron chi connectivity index (χ1n) is 6.37. The van der Waals surface area contributed by atoms with Gasteiger partial charge < -0.3 is 15.6 Å². The molecular formula is C16H10Cl2N2O2. The highest BCUT2D eigenvalue weighted by Crippen LogP contribution is 2.46. The van der Waals surface area contributed by atoms with Crippen molar-refractivity contribution in [3.05, 3.63) is 69.0 Å². The van der Waals surface area contributed by atoms with Gasteiger partial charge in [-0.1, -0.05) is 41.4 Å². The smallest absolute Gasteiger partial charge is 0.205 e. The Morgan fingerprint density at radius 3 is 2.55 bits per heavy atom. The predicted octanol–water partition coefficient (Wildman–Crippen LogP) is 3.92. The Morgan fingerprint density at radius 2 is 1.86 bits per heavy atom. The molecule has 0 unspecified atom stereocenters. The fourth-order valence-corrected chi connectivity index (χ4v) is 2.91. The lowest BCUT2D eigenvalue weighted by Gasteiger charge is -2.27. The summed E-state index contributed by atoms with van der Waals surface area (Å²) < 4.78 is 5.44. The summed E-state index contributed by atoms with van der Waals surface area (Å²) in [5.41, 5.74) is 7.44. The van der Waals surface area contributed by atoms with Crippen molar-refractivity contribution in [2.24, 2.45) is 5.73 Å². The summed E-state index contributed by atoms with van der Waals surface area (Å²) >= 11 is 12.3. The standard InChI is InChI=1S/C16H10Cl2N2O2/c17-11-4-2-1-3-8(11)15-9-5-12(18)13(21)6-14(9)22-16(20)10(15)7-19/h1-6,15,21H,20H2/t15-/m1/s1. The molecule has 0 bridgehead atoms. The van der Waals surface area contributed by atoms with E-state index in [0.717, 1.165) is 5.56 Å². The summed E-state index contributed by atoms with van der Waals surface area (Å²) in [5.74, 6) is -0.281. The Hall–Kier alpha value is -2.35. The number of allylic oxidation sites excluding steroid dienone is 1. The van der Waals surface area contributed by atoms with E-state index in [2.05, 4.69) is 6.07 Å². The molecule has 1 heterocycles. The van der Waals surface area contributed by atoms with Gasteiger partial charge >= 0.3 is 0 Å². The van der Waals surface area contributed by atoms with E-state index < -0.39 is 5.92 Å². The van der Waals surface area contributed by atoms with E-state index in [1.165, 1.54) is 6.07 Å². The average Bonchev–Trinajstić information content (AvgIpc) is 2.49. The molecule has 22 heavy (non-hydrogen) atoms. The van der Waals surface area contributed by atoms with Gasteiger partial charge in [0, 0.05) is 16.7 Å². The van der Waals surface area contributed by atoms with Crippen molar-refractivity contribution in [3.8, 4) is 17.6 Å². The Bertz CT molecular complexity index is 841. The second-order valence-electron chi connectivity index (χ2n) is 4.79. The molecule has 2 aromatic carbocycles. The number of benzene rings is 2. The molecule has 0 spiro atoms. The molecule has 0 radical (unpaired) electrons. The second kappa shape index (κ2) is 5.45. The number of phenols is 1. The van der Waals surface area contributed by atoms with Crippen LogP contribution < -0.4 is 10.5 Å². The Balaban J connectivity index is 2.30. The maximum Gasteiger partial charge on any atom is 0.205 e. The van der Waals surface area contributed by atoms with Crippen LogP contribution in [0.25, 0.3) is 0 Å². The molecule has 0 aromatic heterocycles. The third-order valence-corrected chi connectivity index (χ3v) is 4.15. The van der Waals surface area contributed by atoms with Crippen LogP contribution in [0.5, 0.6) is 11.5 Å². The SMILES string of the molecule is N#CC1=C(N)Oc2cc(O)c(Cl)cc2[C@H]1c1ccccc1Cl. The molecule has 1 aliphatic rings. The van der Waals surface area contributed by atoms with Crippen LogP contribution in [0.1, 0.15) is 17.0 Å². The molecule has 1 atom stereocenters. The molecule has 110 valence electrons. The molecule has 6 heteroatoms. The summed E-state index contributed by atoms with van der Waals surface area (Å²) in [4.78, 5) is 0. The molecule has 3 N–H and O–H groups in total. The summed E-state index contributed by atoms with van der Waals surface area (Å²) in [5, 5.41) is 19.8. The first kappa shape index (κ1) is 14.6. The number of halogens is 2. The van der Waals surface area contributed by atoms with E-state index in [1.54, 1.807) is 18.2 Å². The maximum atomic E-state index is 9.74. The van der Waals surface area contributed by atoms with Crippen LogP contribution in [0.4, 0.5) is 0 Å². The number of nitriles is 1. The quantitative estimate of drug-likeness (QED) is 0.829. The van der Waals surface area contributed by atoms with Gasteiger partial charge in [-0.3, -0.25) is 0 Å². The highest BCUT2D eigenvalue weighted by molar-refractivity contribution is 6.32. The van der Waals surface area contributed by atoms with Crippen LogP contribution in [0.2, 0.25) is 10.0 Å². The van der Waals surface area contributed by atoms with Gasteiger partial charge in [0.1, 0.15) is 23.1 Å². The third-order valence-electron chi connectivity index (χ3n) is 3.50. The summed E-state index contributed by atoms with van der Waals surface area (Å²) in [6.45, 7) is 0. The van der Waals surface area contributed by atoms with E-state index in [4.69, 9.17) is 33.7 Å². The lowest BCUT2D eigenvalue weighted by molar-refractivity contribution is 0.388. The fraction of sp³-hybridized carbons (Fsp3) is 0.0625. The summed E-state index contributed by atoms with van der Waals surface area (Å²) in [6.07, 6.45) is 0. The number of phenolic OH excluding ortho intramolecular Hbond substituents is 1. The van der Waals surface area contributed by atoms with Gasteiger partial charge in [-0.15, -0.1) is 0 Å². The number of hydrogen-bond donors (Lipinski definition) is 2. The van der Waals surface area contributed by atoms with Gasteiger partial charge in [0.05, 0.1) is 10.9 Å². The van der Waals surface area contributed by atoms with Crippen molar-refractivity contribution in [1.82, 2.24) is 0 Å². The van der Waals surface area contributed by atoms with Crippen LogP contribution >= 0.6 is 23.2 Å². The minimum atomic E-state index is -0.499. The van der Waals surface area contributed by atoms with Crippen molar-refractivity contribution in [2.75, 3.05) is 0 Å². The van der Waals surface area contributed by atoms with E-state index in [0.29, 0.717) is 16.3 Å². The zero-order valence-electron chi connectivity index (χ0n) is 11.2. The van der Waals surface area contributed by atoms with Crippen LogP contribution in [0.3, 0.4) is 0 Å². The number of fused-ring (bicyclic) bond motifs is 1. The molecule has 0 aliphatic carbocycles. The van der Waals surface area contributed by atoms with Gasteiger partial charge in [0.15, 0.2) is 0 Å². The van der Waals surface area contributed by atoms with E-state index in [9.17, 15) is 10.4 Å². The molecule has 0 fully saturated rings. The molecule has 4 nitrogen and oxygen atoms in total. The maximum absolute atomic E-state index is 9.74. The summed E-state index contributed by atoms with van der Waals surface area (Å²) in [6, 6.07) is 12.2. The second-order valence-corrected chi connectivity index (χ2v) is 5.60. The Labute approximate surface area is 136 Å². The monoisotopic (exact) mass is 332 g/mol. The first-order chi connectivity index (χ1) is 10.5. The van der Waals surface area contributed by atoms with E-state index >= 15 is 0 Å². The summed E-state index contributed by atoms with van der Waals surface area (Å²) in [7, 11) is 0. The lowest BCUT2D eigenvalue weighted by atomic mass is 9.83. The molecule has 0 amide bonds. The molecule has 0 saturated heterocycles. The van der Waals surface area contributed by atoms with E-state index in [-0.39, 0.29) is 22.2 Å².